The van der Waals surface area contributed by atoms with Crippen LogP contribution < -0.4 is 0 Å². The Hall–Kier alpha value is -1.90. The molecule has 0 heterocycles. The van der Waals surface area contributed by atoms with Crippen molar-refractivity contribution >= 4 is 11.9 Å². The Bertz CT molecular complexity index is 871. The van der Waals surface area contributed by atoms with Gasteiger partial charge in [-0.15, -0.1) is 0 Å². The number of ether oxygens (including phenoxy) is 2. The van der Waals surface area contributed by atoms with Crippen LogP contribution in [0.25, 0.3) is 0 Å². The van der Waals surface area contributed by atoms with Crippen molar-refractivity contribution in [3.05, 3.63) is 0 Å². The van der Waals surface area contributed by atoms with Crippen molar-refractivity contribution in [3.63, 3.8) is 0 Å². The zero-order valence-electron chi connectivity index (χ0n) is 24.1. The number of carbonyl (C=O) groups excluding carboxylic acids is 2. The van der Waals surface area contributed by atoms with E-state index in [1.807, 2.05) is 13.8 Å². The van der Waals surface area contributed by atoms with Gasteiger partial charge < -0.3 is 9.47 Å². The van der Waals surface area contributed by atoms with E-state index in [4.69, 9.17) is 4.74 Å². The topological polar surface area (TPSA) is 52.6 Å². The van der Waals surface area contributed by atoms with Gasteiger partial charge in [-0.2, -0.15) is 43.9 Å². The lowest BCUT2D eigenvalue weighted by atomic mass is 9.77. The minimum absolute atomic E-state index is 0.00176. The van der Waals surface area contributed by atoms with Crippen molar-refractivity contribution in [3.8, 4) is 0 Å². The van der Waals surface area contributed by atoms with Crippen molar-refractivity contribution in [2.45, 2.75) is 128 Å². The Morgan fingerprint density at radius 1 is 0.690 bits per heavy atom. The molecule has 0 spiro atoms. The Morgan fingerprint density at radius 3 is 1.50 bits per heavy atom. The zero-order chi connectivity index (χ0) is 33.5. The van der Waals surface area contributed by atoms with Crippen LogP contribution >= 0.6 is 0 Å². The number of rotatable bonds is 13. The second-order valence-corrected chi connectivity index (χ2v) is 10.8. The van der Waals surface area contributed by atoms with Crippen molar-refractivity contribution in [1.29, 1.82) is 0 Å². The predicted octanol–water partition coefficient (Wildman–Crippen LogP) is 8.95. The van der Waals surface area contributed by atoms with E-state index in [1.54, 1.807) is 0 Å². The fraction of sp³-hybridized carbons (Fsp3) is 0.923. The molecule has 1 fully saturated rings. The number of alkyl halides is 12. The van der Waals surface area contributed by atoms with Crippen LogP contribution in [0.15, 0.2) is 0 Å². The van der Waals surface area contributed by atoms with E-state index in [0.29, 0.717) is 5.92 Å². The van der Waals surface area contributed by atoms with E-state index >= 15 is 0 Å². The van der Waals surface area contributed by atoms with Crippen molar-refractivity contribution in [2.75, 3.05) is 6.61 Å². The summed E-state index contributed by atoms with van der Waals surface area (Å²) in [7, 11) is 0. The molecule has 0 amide bonds. The highest BCUT2D eigenvalue weighted by Gasteiger charge is 2.87. The van der Waals surface area contributed by atoms with Gasteiger partial charge in [-0.1, -0.05) is 48.0 Å². The summed E-state index contributed by atoms with van der Waals surface area (Å²) in [5.41, 5.74) is -0.168. The van der Waals surface area contributed by atoms with Crippen LogP contribution in [0.2, 0.25) is 0 Å². The summed E-state index contributed by atoms with van der Waals surface area (Å²) in [6.07, 6.45) is 1.03. The normalized spacial score (nSPS) is 18.2. The first-order valence-corrected chi connectivity index (χ1v) is 13.4. The Labute approximate surface area is 236 Å². The second-order valence-electron chi connectivity index (χ2n) is 10.8. The van der Waals surface area contributed by atoms with Crippen LogP contribution in [0.4, 0.5) is 52.7 Å². The molecule has 0 aromatic heterocycles. The minimum atomic E-state index is -7.62. The molecular formula is C26H38F12O4. The summed E-state index contributed by atoms with van der Waals surface area (Å²) >= 11 is 0. The Balaban J connectivity index is 0.000000893. The SMILES string of the molecule is CCC(C)C(=O)OC1(C(C)C)CCCCC1.CCC(C)C(=O)OCC(F)(F)C(F)(F)C(F)(F)C(F)(F)C(F)(F)C(F)F. The molecule has 0 bridgehead atoms. The van der Waals surface area contributed by atoms with Crippen molar-refractivity contribution in [2.24, 2.45) is 17.8 Å². The third-order valence-electron chi connectivity index (χ3n) is 7.42. The Morgan fingerprint density at radius 2 is 1.12 bits per heavy atom. The van der Waals surface area contributed by atoms with Gasteiger partial charge in [0.2, 0.25) is 0 Å². The predicted molar refractivity (Wildman–Crippen MR) is 127 cm³/mol. The lowest BCUT2D eigenvalue weighted by molar-refractivity contribution is -0.414. The van der Waals surface area contributed by atoms with Crippen LogP contribution in [0, 0.1) is 17.8 Å². The molecule has 250 valence electrons. The largest absolute Gasteiger partial charge is 0.459 e. The molecule has 1 aliphatic carbocycles. The lowest BCUT2D eigenvalue weighted by Gasteiger charge is -2.40. The summed E-state index contributed by atoms with van der Waals surface area (Å²) in [6, 6.07) is 0. The van der Waals surface area contributed by atoms with Gasteiger partial charge in [0.05, 0.1) is 11.8 Å². The van der Waals surface area contributed by atoms with Gasteiger partial charge in [0.1, 0.15) is 5.60 Å². The molecule has 1 rings (SSSR count). The van der Waals surface area contributed by atoms with Crippen molar-refractivity contribution < 1.29 is 71.7 Å². The molecule has 0 saturated heterocycles. The molecule has 2 atom stereocenters. The average Bonchev–Trinajstić information content (AvgIpc) is 2.90. The zero-order valence-corrected chi connectivity index (χ0v) is 24.1. The third kappa shape index (κ3) is 8.38. The van der Waals surface area contributed by atoms with Crippen molar-refractivity contribution in [1.82, 2.24) is 0 Å². The number of esters is 2. The maximum Gasteiger partial charge on any atom is 0.384 e. The lowest BCUT2D eigenvalue weighted by Crippen LogP contribution is -2.69. The maximum atomic E-state index is 13.3. The van der Waals surface area contributed by atoms with Crippen LogP contribution in [0.5, 0.6) is 0 Å². The van der Waals surface area contributed by atoms with Crippen LogP contribution in [0.1, 0.15) is 86.5 Å². The van der Waals surface area contributed by atoms with Gasteiger partial charge in [0.25, 0.3) is 0 Å². The molecule has 2 unspecified atom stereocenters. The van der Waals surface area contributed by atoms with Gasteiger partial charge in [0, 0.05) is 0 Å². The number of halogens is 12. The summed E-state index contributed by atoms with van der Waals surface area (Å²) in [6.45, 7) is 7.86. The van der Waals surface area contributed by atoms with Gasteiger partial charge in [-0.25, -0.2) is 8.78 Å². The van der Waals surface area contributed by atoms with Crippen LogP contribution in [-0.4, -0.2) is 60.2 Å². The fourth-order valence-corrected chi connectivity index (χ4v) is 3.75. The molecule has 1 aliphatic rings. The first-order chi connectivity index (χ1) is 18.8. The molecule has 42 heavy (non-hydrogen) atoms. The van der Waals surface area contributed by atoms with E-state index in [2.05, 4.69) is 18.6 Å². The van der Waals surface area contributed by atoms with Gasteiger partial charge in [-0.3, -0.25) is 9.59 Å². The molecular weight excluding hydrogens is 604 g/mol. The van der Waals surface area contributed by atoms with E-state index in [-0.39, 0.29) is 23.9 Å². The standard InChI is InChI=1S/C14H26O2.C12H12F12O2/c1-5-12(4)13(15)16-14(11(2)3)9-7-6-8-10-14;1-3-5(2)6(25)26-4-8(15,16)10(19,20)12(23,24)11(21,22)9(17,18)7(13)14/h11-12H,5-10H2,1-4H3;5,7H,3-4H2,1-2H3. The third-order valence-corrected chi connectivity index (χ3v) is 7.42. The maximum absolute atomic E-state index is 13.3. The highest BCUT2D eigenvalue weighted by atomic mass is 19.4. The van der Waals surface area contributed by atoms with Gasteiger partial charge in [0.15, 0.2) is 6.61 Å². The number of hydrogen-bond acceptors (Lipinski definition) is 4. The van der Waals surface area contributed by atoms with Gasteiger partial charge >= 0.3 is 48.0 Å². The monoisotopic (exact) mass is 642 g/mol. The fourth-order valence-electron chi connectivity index (χ4n) is 3.75. The smallest absolute Gasteiger partial charge is 0.384 e. The highest BCUT2D eigenvalue weighted by molar-refractivity contribution is 5.72. The van der Waals surface area contributed by atoms with E-state index in [0.717, 1.165) is 26.2 Å². The van der Waals surface area contributed by atoms with Crippen LogP contribution in [0.3, 0.4) is 0 Å². The molecule has 16 heteroatoms. The summed E-state index contributed by atoms with van der Waals surface area (Å²) in [5.74, 6) is -38.0. The minimum Gasteiger partial charge on any atom is -0.459 e. The van der Waals surface area contributed by atoms with E-state index in [1.165, 1.54) is 26.2 Å². The number of carbonyl (C=O) groups is 2. The van der Waals surface area contributed by atoms with Gasteiger partial charge in [-0.05, 0) is 44.4 Å². The number of hydrogen-bond donors (Lipinski definition) is 0. The summed E-state index contributed by atoms with van der Waals surface area (Å²) in [4.78, 5) is 23.0. The first kappa shape index (κ1) is 40.1. The summed E-state index contributed by atoms with van der Waals surface area (Å²) < 4.78 is 163. The van der Waals surface area contributed by atoms with E-state index < -0.39 is 54.5 Å². The first-order valence-electron chi connectivity index (χ1n) is 13.4. The molecule has 0 aromatic carbocycles. The molecule has 1 saturated carbocycles. The highest BCUT2D eigenvalue weighted by Crippen LogP contribution is 2.58. The molecule has 0 aromatic rings. The van der Waals surface area contributed by atoms with Crippen LogP contribution in [-0.2, 0) is 19.1 Å². The second kappa shape index (κ2) is 14.7. The molecule has 4 nitrogen and oxygen atoms in total. The van der Waals surface area contributed by atoms with E-state index in [9.17, 15) is 62.3 Å². The average molecular weight is 643 g/mol. The quantitative estimate of drug-likeness (QED) is 0.149. The Kier molecular flexibility index (Phi) is 14.1. The summed E-state index contributed by atoms with van der Waals surface area (Å²) in [5, 5.41) is 0. The molecule has 0 radical (unpaired) electrons. The molecule has 0 aliphatic heterocycles. The molecule has 0 N–H and O–H groups in total.